The maximum absolute atomic E-state index is 10.5. The molecule has 0 unspecified atom stereocenters. The molecule has 0 atom stereocenters. The van der Waals surface area contributed by atoms with Gasteiger partial charge in [0.15, 0.2) is 0 Å². The lowest BCUT2D eigenvalue weighted by atomic mass is 10.1. The molecule has 1 rings (SSSR count). The van der Waals surface area contributed by atoms with Crippen molar-refractivity contribution >= 4 is 5.69 Å². The number of nitriles is 1. The van der Waals surface area contributed by atoms with Crippen LogP contribution in [0, 0.1) is 21.4 Å². The molecule has 0 amide bonds. The summed E-state index contributed by atoms with van der Waals surface area (Å²) in [5, 5.41) is 19.4. The van der Waals surface area contributed by atoms with Crippen molar-refractivity contribution in [3.63, 3.8) is 0 Å². The Kier molecular flexibility index (Phi) is 3.66. The molecule has 17 heavy (non-hydrogen) atoms. The molecule has 0 aromatic heterocycles. The van der Waals surface area contributed by atoms with Gasteiger partial charge in [-0.05, 0) is 19.9 Å². The van der Waals surface area contributed by atoms with Gasteiger partial charge in [-0.1, -0.05) is 0 Å². The molecule has 0 saturated heterocycles. The fourth-order valence-electron chi connectivity index (χ4n) is 1.11. The number of non-ortho nitro benzene ring substituents is 1. The number of nitrogens with zero attached hydrogens (tertiary/aromatic N) is 2. The first-order chi connectivity index (χ1) is 7.83. The van der Waals surface area contributed by atoms with Gasteiger partial charge in [-0.2, -0.15) is 5.26 Å². The van der Waals surface area contributed by atoms with Crippen LogP contribution in [0.5, 0.6) is 5.75 Å². The van der Waals surface area contributed by atoms with Crippen molar-refractivity contribution in [3.8, 4) is 11.8 Å². The number of nitro groups is 1. The minimum absolute atomic E-state index is 0.128. The zero-order valence-electron chi connectivity index (χ0n) is 9.64. The van der Waals surface area contributed by atoms with Crippen LogP contribution in [0.4, 0.5) is 5.69 Å². The second-order valence-corrected chi connectivity index (χ2v) is 4.33. The van der Waals surface area contributed by atoms with Crippen molar-refractivity contribution in [3.05, 3.63) is 33.9 Å². The lowest BCUT2D eigenvalue weighted by Gasteiger charge is -2.19. The largest absolute Gasteiger partial charge is 0.490 e. The predicted molar refractivity (Wildman–Crippen MR) is 61.6 cm³/mol. The van der Waals surface area contributed by atoms with Gasteiger partial charge < -0.3 is 10.5 Å². The van der Waals surface area contributed by atoms with Crippen molar-refractivity contribution in [1.82, 2.24) is 0 Å². The Morgan fingerprint density at radius 2 is 2.24 bits per heavy atom. The first kappa shape index (κ1) is 12.9. The average Bonchev–Trinajstić information content (AvgIpc) is 2.24. The highest BCUT2D eigenvalue weighted by molar-refractivity contribution is 5.50. The van der Waals surface area contributed by atoms with E-state index in [1.54, 1.807) is 13.8 Å². The average molecular weight is 235 g/mol. The molecule has 6 heteroatoms. The minimum atomic E-state index is -0.558. The fourth-order valence-corrected chi connectivity index (χ4v) is 1.11. The number of hydrogen-bond acceptors (Lipinski definition) is 5. The molecule has 0 radical (unpaired) electrons. The molecular formula is C11H13N3O3. The summed E-state index contributed by atoms with van der Waals surface area (Å²) in [6.45, 7) is 3.79. The summed E-state index contributed by atoms with van der Waals surface area (Å²) in [6, 6.07) is 5.73. The van der Waals surface area contributed by atoms with Gasteiger partial charge >= 0.3 is 0 Å². The van der Waals surface area contributed by atoms with Crippen molar-refractivity contribution in [2.24, 2.45) is 5.73 Å². The van der Waals surface area contributed by atoms with Gasteiger partial charge in [-0.3, -0.25) is 10.1 Å². The Labute approximate surface area is 98.8 Å². The van der Waals surface area contributed by atoms with Crippen molar-refractivity contribution in [2.75, 3.05) is 6.61 Å². The number of benzene rings is 1. The second-order valence-electron chi connectivity index (χ2n) is 4.33. The summed E-state index contributed by atoms with van der Waals surface area (Å²) < 4.78 is 5.36. The van der Waals surface area contributed by atoms with E-state index in [2.05, 4.69) is 0 Å². The summed E-state index contributed by atoms with van der Waals surface area (Å²) in [7, 11) is 0. The molecular weight excluding hydrogens is 222 g/mol. The highest BCUT2D eigenvalue weighted by atomic mass is 16.6. The van der Waals surface area contributed by atoms with Crippen LogP contribution in [0.3, 0.4) is 0 Å². The van der Waals surface area contributed by atoms with E-state index >= 15 is 0 Å². The highest BCUT2D eigenvalue weighted by Crippen LogP contribution is 2.23. The van der Waals surface area contributed by atoms with E-state index in [0.717, 1.165) is 0 Å². The number of nitro benzene ring substituents is 1. The van der Waals surface area contributed by atoms with E-state index < -0.39 is 10.5 Å². The second kappa shape index (κ2) is 4.80. The molecule has 0 aliphatic rings. The van der Waals surface area contributed by atoms with Gasteiger partial charge in [-0.25, -0.2) is 0 Å². The van der Waals surface area contributed by atoms with E-state index in [-0.39, 0.29) is 17.9 Å². The van der Waals surface area contributed by atoms with Crippen LogP contribution in [0.25, 0.3) is 0 Å². The summed E-state index contributed by atoms with van der Waals surface area (Å²) in [5.41, 5.74) is 5.19. The molecule has 0 fully saturated rings. The van der Waals surface area contributed by atoms with Crippen LogP contribution in [-0.2, 0) is 0 Å². The van der Waals surface area contributed by atoms with Crippen LogP contribution in [0.2, 0.25) is 0 Å². The van der Waals surface area contributed by atoms with E-state index in [1.807, 2.05) is 6.07 Å². The molecule has 0 aliphatic carbocycles. The lowest BCUT2D eigenvalue weighted by Crippen LogP contribution is -2.38. The van der Waals surface area contributed by atoms with Crippen LogP contribution < -0.4 is 10.5 Å². The Balaban J connectivity index is 2.95. The molecule has 0 spiro atoms. The normalized spacial score (nSPS) is 10.7. The van der Waals surface area contributed by atoms with Gasteiger partial charge in [0, 0.05) is 17.7 Å². The third-order valence-corrected chi connectivity index (χ3v) is 1.89. The van der Waals surface area contributed by atoms with Gasteiger partial charge in [0.2, 0.25) is 0 Å². The molecule has 0 saturated carbocycles. The molecule has 6 nitrogen and oxygen atoms in total. The zero-order valence-corrected chi connectivity index (χ0v) is 9.64. The monoisotopic (exact) mass is 235 g/mol. The summed E-state index contributed by atoms with van der Waals surface area (Å²) in [6.07, 6.45) is 0. The maximum atomic E-state index is 10.5. The summed E-state index contributed by atoms with van der Waals surface area (Å²) in [4.78, 5) is 9.97. The predicted octanol–water partition coefficient (Wildman–Crippen LogP) is 1.58. The minimum Gasteiger partial charge on any atom is -0.490 e. The smallest absolute Gasteiger partial charge is 0.271 e. The Morgan fingerprint density at radius 3 is 2.71 bits per heavy atom. The standard InChI is InChI=1S/C11H13N3O3/c1-11(2,13)7-17-10-4-3-9(14(15)16)5-8(10)6-12/h3-5H,7,13H2,1-2H3. The Hall–Kier alpha value is -2.13. The molecule has 1 aromatic carbocycles. The summed E-state index contributed by atoms with van der Waals surface area (Å²) in [5.74, 6) is 0.302. The molecule has 0 bridgehead atoms. The van der Waals surface area contributed by atoms with Crippen molar-refractivity contribution in [2.45, 2.75) is 19.4 Å². The quantitative estimate of drug-likeness (QED) is 0.630. The first-order valence-corrected chi connectivity index (χ1v) is 4.94. The SMILES string of the molecule is CC(C)(N)COc1ccc([N+](=O)[O-])cc1C#N. The fraction of sp³-hybridized carbons (Fsp3) is 0.364. The molecule has 2 N–H and O–H groups in total. The lowest BCUT2D eigenvalue weighted by molar-refractivity contribution is -0.384. The first-order valence-electron chi connectivity index (χ1n) is 4.94. The van der Waals surface area contributed by atoms with Gasteiger partial charge in [0.25, 0.3) is 5.69 Å². The Bertz CT molecular complexity index is 472. The highest BCUT2D eigenvalue weighted by Gasteiger charge is 2.15. The molecule has 0 aliphatic heterocycles. The van der Waals surface area contributed by atoms with Crippen LogP contribution >= 0.6 is 0 Å². The molecule has 0 heterocycles. The third kappa shape index (κ3) is 3.74. The van der Waals surface area contributed by atoms with Gasteiger partial charge in [-0.15, -0.1) is 0 Å². The van der Waals surface area contributed by atoms with Gasteiger partial charge in [0.1, 0.15) is 24.0 Å². The zero-order chi connectivity index (χ0) is 13.1. The van der Waals surface area contributed by atoms with Crippen molar-refractivity contribution < 1.29 is 9.66 Å². The van der Waals surface area contributed by atoms with E-state index in [1.165, 1.54) is 18.2 Å². The van der Waals surface area contributed by atoms with E-state index in [4.69, 9.17) is 15.7 Å². The topological polar surface area (TPSA) is 102 Å². The van der Waals surface area contributed by atoms with Crippen LogP contribution in [0.15, 0.2) is 18.2 Å². The maximum Gasteiger partial charge on any atom is 0.271 e. The Morgan fingerprint density at radius 1 is 1.59 bits per heavy atom. The van der Waals surface area contributed by atoms with Gasteiger partial charge in [0.05, 0.1) is 4.92 Å². The number of ether oxygens (including phenoxy) is 1. The summed E-state index contributed by atoms with van der Waals surface area (Å²) >= 11 is 0. The molecule has 90 valence electrons. The van der Waals surface area contributed by atoms with E-state index in [9.17, 15) is 10.1 Å². The van der Waals surface area contributed by atoms with Crippen molar-refractivity contribution in [1.29, 1.82) is 5.26 Å². The number of nitrogens with two attached hydrogens (primary N) is 1. The van der Waals surface area contributed by atoms with E-state index in [0.29, 0.717) is 5.75 Å². The molecule has 1 aromatic rings. The van der Waals surface area contributed by atoms with Crippen LogP contribution in [-0.4, -0.2) is 17.1 Å². The third-order valence-electron chi connectivity index (χ3n) is 1.89. The number of rotatable bonds is 4. The number of hydrogen-bond donors (Lipinski definition) is 1. The van der Waals surface area contributed by atoms with Crippen LogP contribution in [0.1, 0.15) is 19.4 Å².